The summed E-state index contributed by atoms with van der Waals surface area (Å²) >= 11 is 0. The Morgan fingerprint density at radius 1 is 1.12 bits per heavy atom. The van der Waals surface area contributed by atoms with E-state index in [1.807, 2.05) is 13.0 Å². The van der Waals surface area contributed by atoms with Gasteiger partial charge in [-0.15, -0.1) is 0 Å². The Kier molecular flexibility index (Phi) is 7.14. The van der Waals surface area contributed by atoms with Gasteiger partial charge in [0.05, 0.1) is 6.61 Å². The third kappa shape index (κ3) is 4.96. The molecule has 1 aliphatic carbocycles. The summed E-state index contributed by atoms with van der Waals surface area (Å²) in [4.78, 5) is 5.25. The zero-order valence-electron chi connectivity index (χ0n) is 15.7. The van der Waals surface area contributed by atoms with Crippen LogP contribution >= 0.6 is 0 Å². The number of aliphatic hydroxyl groups excluding tert-OH is 1. The van der Waals surface area contributed by atoms with E-state index in [4.69, 9.17) is 4.74 Å². The molecule has 0 radical (unpaired) electrons. The van der Waals surface area contributed by atoms with Crippen molar-refractivity contribution >= 4 is 0 Å². The van der Waals surface area contributed by atoms with Crippen LogP contribution in [-0.2, 0) is 6.54 Å². The van der Waals surface area contributed by atoms with Crippen LogP contribution in [0.2, 0.25) is 0 Å². The van der Waals surface area contributed by atoms with Crippen LogP contribution in [-0.4, -0.2) is 59.8 Å². The third-order valence-corrected chi connectivity index (χ3v) is 5.84. The molecular weight excluding hydrogens is 312 g/mol. The number of rotatable bonds is 7. The first-order valence-corrected chi connectivity index (χ1v) is 10.1. The highest BCUT2D eigenvalue weighted by atomic mass is 16.5. The van der Waals surface area contributed by atoms with Crippen LogP contribution in [0.4, 0.5) is 0 Å². The van der Waals surface area contributed by atoms with Crippen molar-refractivity contribution in [1.29, 1.82) is 0 Å². The molecule has 140 valence electrons. The first-order valence-electron chi connectivity index (χ1n) is 10.1. The molecule has 2 fully saturated rings. The number of hydrogen-bond donors (Lipinski definition) is 1. The predicted octanol–water partition coefficient (Wildman–Crippen LogP) is 3.29. The monoisotopic (exact) mass is 346 g/mol. The number of benzene rings is 1. The maximum absolute atomic E-state index is 9.57. The molecule has 4 nitrogen and oxygen atoms in total. The zero-order chi connectivity index (χ0) is 17.5. The molecule has 1 unspecified atom stereocenters. The van der Waals surface area contributed by atoms with Gasteiger partial charge < -0.3 is 9.84 Å². The quantitative estimate of drug-likeness (QED) is 0.822. The molecule has 1 aromatic carbocycles. The molecule has 3 rings (SSSR count). The first-order chi connectivity index (χ1) is 12.3. The Bertz CT molecular complexity index is 516. The number of aliphatic hydroxyl groups is 1. The molecule has 2 aliphatic rings. The summed E-state index contributed by atoms with van der Waals surface area (Å²) in [6.45, 7) is 7.26. The van der Waals surface area contributed by atoms with Gasteiger partial charge in [-0.1, -0.05) is 37.5 Å². The van der Waals surface area contributed by atoms with E-state index in [0.717, 1.165) is 44.4 Å². The summed E-state index contributed by atoms with van der Waals surface area (Å²) in [5.41, 5.74) is 1.26. The lowest BCUT2D eigenvalue weighted by atomic mass is 9.92. The molecule has 4 heteroatoms. The maximum Gasteiger partial charge on any atom is 0.123 e. The van der Waals surface area contributed by atoms with Gasteiger partial charge >= 0.3 is 0 Å². The van der Waals surface area contributed by atoms with E-state index in [0.29, 0.717) is 12.6 Å². The van der Waals surface area contributed by atoms with Gasteiger partial charge in [-0.2, -0.15) is 0 Å². The second-order valence-electron chi connectivity index (χ2n) is 7.46. The fourth-order valence-electron chi connectivity index (χ4n) is 4.48. The van der Waals surface area contributed by atoms with Crippen molar-refractivity contribution < 1.29 is 9.84 Å². The van der Waals surface area contributed by atoms with Crippen LogP contribution in [0.1, 0.15) is 51.0 Å². The SMILES string of the molecule is CCOc1ccccc1CN1CCN(C2CCCCC2)CC1CCO. The van der Waals surface area contributed by atoms with Crippen molar-refractivity contribution in [2.45, 2.75) is 64.1 Å². The highest BCUT2D eigenvalue weighted by Crippen LogP contribution is 2.27. The minimum absolute atomic E-state index is 0.271. The van der Waals surface area contributed by atoms with Crippen LogP contribution in [0.25, 0.3) is 0 Å². The van der Waals surface area contributed by atoms with Gasteiger partial charge in [0.2, 0.25) is 0 Å². The van der Waals surface area contributed by atoms with Gasteiger partial charge in [0.1, 0.15) is 5.75 Å². The van der Waals surface area contributed by atoms with Crippen LogP contribution in [0.5, 0.6) is 5.75 Å². The lowest BCUT2D eigenvalue weighted by molar-refractivity contribution is 0.0218. The van der Waals surface area contributed by atoms with E-state index in [9.17, 15) is 5.11 Å². The number of nitrogens with zero attached hydrogens (tertiary/aromatic N) is 2. The standard InChI is InChI=1S/C21H34N2O2/c1-2-25-21-11-7-6-8-18(21)16-22-13-14-23(17-20(22)12-15-24)19-9-4-3-5-10-19/h6-8,11,19-20,24H,2-5,9-10,12-17H2,1H3. The van der Waals surface area contributed by atoms with Crippen molar-refractivity contribution in [2.75, 3.05) is 32.8 Å². The van der Waals surface area contributed by atoms with Gasteiger partial charge in [-0.3, -0.25) is 9.80 Å². The predicted molar refractivity (Wildman–Crippen MR) is 102 cm³/mol. The summed E-state index contributed by atoms with van der Waals surface area (Å²) in [6.07, 6.45) is 7.76. The van der Waals surface area contributed by atoms with Crippen molar-refractivity contribution in [3.63, 3.8) is 0 Å². The first kappa shape index (κ1) is 18.7. The van der Waals surface area contributed by atoms with Crippen LogP contribution in [0.3, 0.4) is 0 Å². The fourth-order valence-corrected chi connectivity index (χ4v) is 4.48. The number of hydrogen-bond acceptors (Lipinski definition) is 4. The molecule has 0 bridgehead atoms. The van der Waals surface area contributed by atoms with E-state index in [2.05, 4.69) is 28.0 Å². The van der Waals surface area contributed by atoms with Gasteiger partial charge in [0, 0.05) is 50.4 Å². The Labute approximate surface area is 152 Å². The van der Waals surface area contributed by atoms with Crippen LogP contribution < -0.4 is 4.74 Å². The molecule has 1 atom stereocenters. The summed E-state index contributed by atoms with van der Waals surface area (Å²) in [5, 5.41) is 9.57. The molecule has 1 heterocycles. The third-order valence-electron chi connectivity index (χ3n) is 5.84. The smallest absolute Gasteiger partial charge is 0.123 e. The highest BCUT2D eigenvalue weighted by Gasteiger charge is 2.31. The number of ether oxygens (including phenoxy) is 1. The molecule has 1 aromatic rings. The van der Waals surface area contributed by atoms with Crippen molar-refractivity contribution in [3.8, 4) is 5.75 Å². The molecule has 0 spiro atoms. The largest absolute Gasteiger partial charge is 0.494 e. The lowest BCUT2D eigenvalue weighted by Gasteiger charge is -2.45. The van der Waals surface area contributed by atoms with E-state index >= 15 is 0 Å². The van der Waals surface area contributed by atoms with E-state index in [1.54, 1.807) is 0 Å². The van der Waals surface area contributed by atoms with Gasteiger partial charge in [0.25, 0.3) is 0 Å². The second kappa shape index (κ2) is 9.56. The highest BCUT2D eigenvalue weighted by molar-refractivity contribution is 5.33. The fraction of sp³-hybridized carbons (Fsp3) is 0.714. The molecular formula is C21H34N2O2. The maximum atomic E-state index is 9.57. The van der Waals surface area contributed by atoms with Crippen LogP contribution in [0, 0.1) is 0 Å². The zero-order valence-corrected chi connectivity index (χ0v) is 15.7. The van der Waals surface area contributed by atoms with Gasteiger partial charge in [0.15, 0.2) is 0 Å². The Morgan fingerprint density at radius 3 is 2.68 bits per heavy atom. The summed E-state index contributed by atoms with van der Waals surface area (Å²) < 4.78 is 5.80. The average Bonchev–Trinajstić information content (AvgIpc) is 2.66. The molecule has 0 aromatic heterocycles. The molecule has 1 saturated carbocycles. The lowest BCUT2D eigenvalue weighted by Crippen LogP contribution is -2.56. The summed E-state index contributed by atoms with van der Waals surface area (Å²) in [5.74, 6) is 1.00. The second-order valence-corrected chi connectivity index (χ2v) is 7.46. The summed E-state index contributed by atoms with van der Waals surface area (Å²) in [6, 6.07) is 9.59. The normalized spacial score (nSPS) is 23.7. The molecule has 1 saturated heterocycles. The Morgan fingerprint density at radius 2 is 1.92 bits per heavy atom. The minimum Gasteiger partial charge on any atom is -0.494 e. The molecule has 1 aliphatic heterocycles. The van der Waals surface area contributed by atoms with E-state index < -0.39 is 0 Å². The van der Waals surface area contributed by atoms with Crippen molar-refractivity contribution in [1.82, 2.24) is 9.80 Å². The van der Waals surface area contributed by atoms with E-state index in [1.165, 1.54) is 37.7 Å². The van der Waals surface area contributed by atoms with Crippen molar-refractivity contribution in [3.05, 3.63) is 29.8 Å². The van der Waals surface area contributed by atoms with Gasteiger partial charge in [-0.05, 0) is 32.3 Å². The molecule has 0 amide bonds. The minimum atomic E-state index is 0.271. The number of piperazine rings is 1. The molecule has 25 heavy (non-hydrogen) atoms. The Hall–Kier alpha value is -1.10. The topological polar surface area (TPSA) is 35.9 Å². The molecule has 1 N–H and O–H groups in total. The Balaban J connectivity index is 1.65. The van der Waals surface area contributed by atoms with Crippen LogP contribution in [0.15, 0.2) is 24.3 Å². The average molecular weight is 347 g/mol. The summed E-state index contributed by atoms with van der Waals surface area (Å²) in [7, 11) is 0. The van der Waals surface area contributed by atoms with Gasteiger partial charge in [-0.25, -0.2) is 0 Å². The number of para-hydroxylation sites is 1. The van der Waals surface area contributed by atoms with E-state index in [-0.39, 0.29) is 6.61 Å². The van der Waals surface area contributed by atoms with Crippen molar-refractivity contribution in [2.24, 2.45) is 0 Å².